The fraction of sp³-hybridized carbons (Fsp3) is 0.0185. The third-order valence-corrected chi connectivity index (χ3v) is 10.9. The number of amidine groups is 1. The van der Waals surface area contributed by atoms with E-state index in [0.29, 0.717) is 12.3 Å². The Morgan fingerprint density at radius 3 is 1.88 bits per heavy atom. The molecule has 0 spiro atoms. The van der Waals surface area contributed by atoms with E-state index < -0.39 is 0 Å². The summed E-state index contributed by atoms with van der Waals surface area (Å²) in [6.45, 7) is 0. The summed E-state index contributed by atoms with van der Waals surface area (Å²) in [5, 5.41) is 8.50. The van der Waals surface area contributed by atoms with E-state index >= 15 is 0 Å². The molecule has 0 amide bonds. The predicted molar refractivity (Wildman–Crippen MR) is 240 cm³/mol. The molecule has 1 aromatic heterocycles. The Morgan fingerprint density at radius 1 is 0.474 bits per heavy atom. The molecular formula is C54H38N2O. The van der Waals surface area contributed by atoms with Gasteiger partial charge in [0.1, 0.15) is 17.2 Å². The molecule has 9 aromatic carbocycles. The molecule has 10 aromatic rings. The molecule has 3 nitrogen and oxygen atoms in total. The Balaban J connectivity index is 1.10. The van der Waals surface area contributed by atoms with Gasteiger partial charge in [-0.25, -0.2) is 4.99 Å². The zero-order valence-corrected chi connectivity index (χ0v) is 31.3. The van der Waals surface area contributed by atoms with Crippen LogP contribution in [-0.2, 0) is 6.42 Å². The fourth-order valence-corrected chi connectivity index (χ4v) is 8.19. The van der Waals surface area contributed by atoms with Crippen molar-refractivity contribution in [3.05, 3.63) is 223 Å². The summed E-state index contributed by atoms with van der Waals surface area (Å²) in [5.41, 5.74) is 17.3. The maximum Gasteiger partial charge on any atom is 0.135 e. The maximum atomic E-state index is 6.70. The van der Waals surface area contributed by atoms with Crippen molar-refractivity contribution in [3.8, 4) is 33.6 Å². The molecule has 0 saturated carbocycles. The molecule has 0 aliphatic rings. The summed E-state index contributed by atoms with van der Waals surface area (Å²) < 4.78 is 6.21. The number of nitrogens with two attached hydrogens (primary N) is 1. The van der Waals surface area contributed by atoms with Gasteiger partial charge in [-0.1, -0.05) is 188 Å². The number of fused-ring (bicyclic) bond motifs is 5. The quantitative estimate of drug-likeness (QED) is 0.0732. The second-order valence-corrected chi connectivity index (χ2v) is 14.5. The van der Waals surface area contributed by atoms with E-state index in [4.69, 9.17) is 15.1 Å². The van der Waals surface area contributed by atoms with Gasteiger partial charge >= 0.3 is 0 Å². The molecule has 0 fully saturated rings. The Labute approximate surface area is 331 Å². The molecule has 0 unspecified atom stereocenters. The van der Waals surface area contributed by atoms with Crippen molar-refractivity contribution in [2.24, 2.45) is 10.7 Å². The van der Waals surface area contributed by atoms with Gasteiger partial charge in [-0.2, -0.15) is 0 Å². The number of aliphatic imine (C=N–C) groups is 1. The van der Waals surface area contributed by atoms with E-state index in [9.17, 15) is 0 Å². The lowest BCUT2D eigenvalue weighted by atomic mass is 9.84. The third-order valence-electron chi connectivity index (χ3n) is 10.9. The van der Waals surface area contributed by atoms with Crippen LogP contribution >= 0.6 is 0 Å². The van der Waals surface area contributed by atoms with Crippen molar-refractivity contribution in [2.75, 3.05) is 0 Å². The van der Waals surface area contributed by atoms with E-state index in [0.717, 1.165) is 50.2 Å². The molecule has 270 valence electrons. The second-order valence-electron chi connectivity index (χ2n) is 14.5. The Hall–Kier alpha value is -7.49. The summed E-state index contributed by atoms with van der Waals surface area (Å²) >= 11 is 0. The first-order chi connectivity index (χ1) is 28.2. The van der Waals surface area contributed by atoms with Gasteiger partial charge in [0.25, 0.3) is 0 Å². The zero-order chi connectivity index (χ0) is 38.1. The number of hydrogen-bond acceptors (Lipinski definition) is 2. The first kappa shape index (κ1) is 34.0. The minimum Gasteiger partial charge on any atom is -0.456 e. The van der Waals surface area contributed by atoms with Crippen molar-refractivity contribution in [1.82, 2.24) is 0 Å². The van der Waals surface area contributed by atoms with Crippen LogP contribution in [0.15, 0.2) is 216 Å². The monoisotopic (exact) mass is 730 g/mol. The molecule has 0 aliphatic carbocycles. The third kappa shape index (κ3) is 6.45. The molecular weight excluding hydrogens is 693 g/mol. The van der Waals surface area contributed by atoms with E-state index in [2.05, 4.69) is 158 Å². The highest BCUT2D eigenvalue weighted by Gasteiger charge is 2.19. The highest BCUT2D eigenvalue weighted by molar-refractivity contribution is 6.27. The molecule has 0 radical (unpaired) electrons. The Kier molecular flexibility index (Phi) is 8.74. The minimum atomic E-state index is 0.474. The normalized spacial score (nSPS) is 12.2. The van der Waals surface area contributed by atoms with Gasteiger partial charge in [-0.3, -0.25) is 0 Å². The van der Waals surface area contributed by atoms with E-state index in [1.54, 1.807) is 0 Å². The first-order valence-electron chi connectivity index (χ1n) is 19.4. The summed E-state index contributed by atoms with van der Waals surface area (Å²) in [7, 11) is 0. The maximum absolute atomic E-state index is 6.70. The van der Waals surface area contributed by atoms with Gasteiger partial charge in [0.05, 0.1) is 5.70 Å². The molecule has 10 rings (SSSR count). The number of rotatable bonds is 8. The van der Waals surface area contributed by atoms with Gasteiger partial charge in [-0.15, -0.1) is 0 Å². The summed E-state index contributed by atoms with van der Waals surface area (Å²) in [5.74, 6) is 1.33. The Bertz CT molecular complexity index is 3100. The predicted octanol–water partition coefficient (Wildman–Crippen LogP) is 13.9. The number of benzene rings is 9. The van der Waals surface area contributed by atoms with Gasteiger partial charge < -0.3 is 10.2 Å². The zero-order valence-electron chi connectivity index (χ0n) is 31.3. The first-order valence-corrected chi connectivity index (χ1v) is 19.4. The standard InChI is InChI=1S/C54H38N2O/c55-54(41-18-5-2-6-19-41)56-48(33-26-36-14-13-21-42(34-36)50-35-43-20-8-12-25-49(43)57-50)38-27-29-40(30-28-38)52-46-24-11-10-23-45(46)51(39-16-3-1-4-17-39)47-32-31-37-15-7-9-22-44(37)53(47)52/h1-25,27-35H,26H2,(H2,55,56)/b48-33-. The van der Waals surface area contributed by atoms with Crippen molar-refractivity contribution >= 4 is 54.8 Å². The van der Waals surface area contributed by atoms with Crippen LogP contribution in [0, 0.1) is 0 Å². The van der Waals surface area contributed by atoms with Crippen LogP contribution in [0.1, 0.15) is 16.7 Å². The lowest BCUT2D eigenvalue weighted by molar-refractivity contribution is 0.631. The fourth-order valence-electron chi connectivity index (χ4n) is 8.19. The van der Waals surface area contributed by atoms with Crippen LogP contribution in [0.5, 0.6) is 0 Å². The van der Waals surface area contributed by atoms with Crippen LogP contribution in [0.25, 0.3) is 82.6 Å². The lowest BCUT2D eigenvalue weighted by Crippen LogP contribution is -2.13. The van der Waals surface area contributed by atoms with Crippen LogP contribution < -0.4 is 5.73 Å². The summed E-state index contributed by atoms with van der Waals surface area (Å²) in [4.78, 5) is 5.07. The second kappa shape index (κ2) is 14.6. The Morgan fingerprint density at radius 2 is 1.11 bits per heavy atom. The average Bonchev–Trinajstić information content (AvgIpc) is 3.72. The van der Waals surface area contributed by atoms with Gasteiger partial charge in [0, 0.05) is 16.5 Å². The highest BCUT2D eigenvalue weighted by atomic mass is 16.3. The molecule has 57 heavy (non-hydrogen) atoms. The highest BCUT2D eigenvalue weighted by Crippen LogP contribution is 2.46. The number of nitrogens with zero attached hydrogens (tertiary/aromatic N) is 1. The van der Waals surface area contributed by atoms with E-state index in [1.807, 2.05) is 48.5 Å². The van der Waals surface area contributed by atoms with Crippen LogP contribution in [0.4, 0.5) is 0 Å². The smallest absolute Gasteiger partial charge is 0.135 e. The molecule has 1 heterocycles. The molecule has 0 saturated heterocycles. The molecule has 0 aliphatic heterocycles. The summed E-state index contributed by atoms with van der Waals surface area (Å²) in [6.07, 6.45) is 2.84. The van der Waals surface area contributed by atoms with E-state index in [-0.39, 0.29) is 0 Å². The lowest BCUT2D eigenvalue weighted by Gasteiger charge is -2.19. The van der Waals surface area contributed by atoms with Crippen LogP contribution in [-0.4, -0.2) is 5.84 Å². The van der Waals surface area contributed by atoms with Crippen molar-refractivity contribution in [2.45, 2.75) is 6.42 Å². The average molecular weight is 731 g/mol. The van der Waals surface area contributed by atoms with Gasteiger partial charge in [0.15, 0.2) is 0 Å². The van der Waals surface area contributed by atoms with Crippen LogP contribution in [0.3, 0.4) is 0 Å². The largest absolute Gasteiger partial charge is 0.456 e. The summed E-state index contributed by atoms with van der Waals surface area (Å²) in [6, 6.07) is 70.4. The van der Waals surface area contributed by atoms with Gasteiger partial charge in [0.2, 0.25) is 0 Å². The van der Waals surface area contributed by atoms with Crippen molar-refractivity contribution in [3.63, 3.8) is 0 Å². The molecule has 0 bridgehead atoms. The van der Waals surface area contributed by atoms with Crippen LogP contribution in [0.2, 0.25) is 0 Å². The molecule has 2 N–H and O–H groups in total. The number of hydrogen-bond donors (Lipinski definition) is 1. The number of furan rings is 1. The molecule has 0 atom stereocenters. The SMILES string of the molecule is NC(=N/C(=C\Cc1cccc(-c2cc3ccccc3o2)c1)c1ccc(-c2c3ccccc3c(-c3ccccc3)c3ccc4ccccc4c23)cc1)c1ccccc1. The number of allylic oxidation sites excluding steroid dienone is 1. The van der Waals surface area contributed by atoms with Crippen molar-refractivity contribution in [1.29, 1.82) is 0 Å². The van der Waals surface area contributed by atoms with Crippen molar-refractivity contribution < 1.29 is 4.42 Å². The molecule has 3 heteroatoms. The van der Waals surface area contributed by atoms with E-state index in [1.165, 1.54) is 49.0 Å². The topological polar surface area (TPSA) is 51.5 Å². The number of para-hydroxylation sites is 1. The minimum absolute atomic E-state index is 0.474. The van der Waals surface area contributed by atoms with Gasteiger partial charge in [-0.05, 0) is 90.3 Å².